The molecule has 2 fully saturated rings. The fourth-order valence-electron chi connectivity index (χ4n) is 4.68. The van der Waals surface area contributed by atoms with Gasteiger partial charge in [0.25, 0.3) is 5.56 Å². The molecule has 6 rings (SSSR count). The molecule has 0 aliphatic carbocycles. The van der Waals surface area contributed by atoms with Crippen molar-refractivity contribution < 1.29 is 4.74 Å². The lowest BCUT2D eigenvalue weighted by molar-refractivity contribution is 0.122. The molecule has 9 heteroatoms. The SMILES string of the molecule is O=c1[nH]ccc2cc(-c3ccc(N4CCOCC4)nc3)nc(Nc3ccc(N4CCSCC4)cc3)c12. The van der Waals surface area contributed by atoms with Gasteiger partial charge < -0.3 is 24.8 Å². The summed E-state index contributed by atoms with van der Waals surface area (Å²) in [6.45, 7) is 5.26. The van der Waals surface area contributed by atoms with Crippen molar-refractivity contribution in [2.75, 3.05) is 66.0 Å². The molecule has 0 bridgehead atoms. The van der Waals surface area contributed by atoms with Crippen LogP contribution in [0.5, 0.6) is 0 Å². The van der Waals surface area contributed by atoms with Gasteiger partial charge in [0.2, 0.25) is 0 Å². The van der Waals surface area contributed by atoms with Gasteiger partial charge >= 0.3 is 0 Å². The molecule has 0 amide bonds. The molecule has 0 atom stereocenters. The predicted molar refractivity (Wildman–Crippen MR) is 148 cm³/mol. The maximum absolute atomic E-state index is 12.7. The van der Waals surface area contributed by atoms with Gasteiger partial charge in [-0.05, 0) is 53.9 Å². The van der Waals surface area contributed by atoms with Gasteiger partial charge in [0, 0.05) is 67.0 Å². The van der Waals surface area contributed by atoms with Crippen LogP contribution >= 0.6 is 11.8 Å². The molecule has 2 aliphatic rings. The maximum Gasteiger partial charge on any atom is 0.259 e. The summed E-state index contributed by atoms with van der Waals surface area (Å²) >= 11 is 2.00. The van der Waals surface area contributed by atoms with Gasteiger partial charge in [-0.15, -0.1) is 0 Å². The van der Waals surface area contributed by atoms with Crippen LogP contribution in [0.4, 0.5) is 23.0 Å². The number of nitrogens with zero attached hydrogens (tertiary/aromatic N) is 4. The minimum atomic E-state index is -0.169. The first kappa shape index (κ1) is 22.9. The third-order valence-electron chi connectivity index (χ3n) is 6.64. The Kier molecular flexibility index (Phi) is 6.48. The van der Waals surface area contributed by atoms with Crippen molar-refractivity contribution in [3.05, 3.63) is 71.3 Å². The van der Waals surface area contributed by atoms with Crippen LogP contribution in [-0.2, 0) is 4.74 Å². The summed E-state index contributed by atoms with van der Waals surface area (Å²) in [4.78, 5) is 29.7. The number of benzene rings is 1. The lowest BCUT2D eigenvalue weighted by atomic mass is 10.1. The first-order valence-electron chi connectivity index (χ1n) is 12.3. The second kappa shape index (κ2) is 10.2. The average Bonchev–Trinajstić information content (AvgIpc) is 2.94. The Morgan fingerprint density at radius 1 is 0.944 bits per heavy atom. The van der Waals surface area contributed by atoms with Gasteiger partial charge in [-0.3, -0.25) is 4.79 Å². The molecule has 2 aliphatic heterocycles. The summed E-state index contributed by atoms with van der Waals surface area (Å²) in [6.07, 6.45) is 3.52. The van der Waals surface area contributed by atoms with Gasteiger partial charge in [-0.2, -0.15) is 11.8 Å². The zero-order chi connectivity index (χ0) is 24.3. The molecule has 0 unspecified atom stereocenters. The number of H-pyrrole nitrogens is 1. The molecule has 3 aromatic heterocycles. The summed E-state index contributed by atoms with van der Waals surface area (Å²) in [5.74, 6) is 3.79. The molecule has 5 heterocycles. The summed E-state index contributed by atoms with van der Waals surface area (Å²) in [7, 11) is 0. The van der Waals surface area contributed by atoms with E-state index in [1.165, 1.54) is 5.69 Å². The number of anilines is 4. The van der Waals surface area contributed by atoms with E-state index >= 15 is 0 Å². The smallest absolute Gasteiger partial charge is 0.259 e. The number of hydrogen-bond donors (Lipinski definition) is 2. The molecule has 0 radical (unpaired) electrons. The molecule has 184 valence electrons. The highest BCUT2D eigenvalue weighted by Gasteiger charge is 2.15. The fourth-order valence-corrected chi connectivity index (χ4v) is 5.59. The topological polar surface area (TPSA) is 86.4 Å². The van der Waals surface area contributed by atoms with Crippen molar-refractivity contribution in [3.8, 4) is 11.3 Å². The molecule has 4 aromatic rings. The number of fused-ring (bicyclic) bond motifs is 1. The second-order valence-corrected chi connectivity index (χ2v) is 10.1. The van der Waals surface area contributed by atoms with Crippen LogP contribution in [0, 0.1) is 0 Å². The van der Waals surface area contributed by atoms with Crippen molar-refractivity contribution >= 4 is 45.5 Å². The number of ether oxygens (including phenoxy) is 1. The van der Waals surface area contributed by atoms with E-state index in [1.54, 1.807) is 6.20 Å². The van der Waals surface area contributed by atoms with Gasteiger partial charge in [0.15, 0.2) is 0 Å². The summed E-state index contributed by atoms with van der Waals surface area (Å²) < 4.78 is 5.45. The first-order valence-corrected chi connectivity index (χ1v) is 13.4. The highest BCUT2D eigenvalue weighted by atomic mass is 32.2. The standard InChI is InChI=1S/C27H28N6O2S/c34-27-25-19(7-8-28-27)17-23(20-1-6-24(29-18-20)33-9-13-35-14-10-33)31-26(25)30-21-2-4-22(5-3-21)32-11-15-36-16-12-32/h1-8,17-18H,9-16H2,(H,28,34)(H,30,31). The van der Waals surface area contributed by atoms with E-state index in [0.717, 1.165) is 79.0 Å². The van der Waals surface area contributed by atoms with Crippen molar-refractivity contribution in [2.45, 2.75) is 0 Å². The predicted octanol–water partition coefficient (Wildman–Crippen LogP) is 4.12. The van der Waals surface area contributed by atoms with Crippen LogP contribution in [0.3, 0.4) is 0 Å². The van der Waals surface area contributed by atoms with Gasteiger partial charge in [-0.1, -0.05) is 0 Å². The monoisotopic (exact) mass is 500 g/mol. The van der Waals surface area contributed by atoms with Crippen molar-refractivity contribution in [2.24, 2.45) is 0 Å². The number of thioether (sulfide) groups is 1. The summed E-state index contributed by atoms with van der Waals surface area (Å²) in [5.41, 5.74) is 3.60. The number of morpholine rings is 1. The number of aromatic amines is 1. The second-order valence-electron chi connectivity index (χ2n) is 8.90. The van der Waals surface area contributed by atoms with Crippen LogP contribution in [0.25, 0.3) is 22.0 Å². The van der Waals surface area contributed by atoms with E-state index in [-0.39, 0.29) is 5.56 Å². The maximum atomic E-state index is 12.7. The van der Waals surface area contributed by atoms with E-state index in [9.17, 15) is 4.79 Å². The Morgan fingerprint density at radius 2 is 1.75 bits per heavy atom. The Labute approximate surface area is 213 Å². The highest BCUT2D eigenvalue weighted by Crippen LogP contribution is 2.29. The summed E-state index contributed by atoms with van der Waals surface area (Å²) in [5, 5.41) is 4.76. The average molecular weight is 501 g/mol. The Balaban J connectivity index is 1.31. The van der Waals surface area contributed by atoms with Gasteiger partial charge in [0.05, 0.1) is 24.3 Å². The molecule has 1 aromatic carbocycles. The van der Waals surface area contributed by atoms with Crippen molar-refractivity contribution in [1.29, 1.82) is 0 Å². The third-order valence-corrected chi connectivity index (χ3v) is 7.58. The number of rotatable bonds is 5. The van der Waals surface area contributed by atoms with Crippen LogP contribution in [0.2, 0.25) is 0 Å². The molecular weight excluding hydrogens is 472 g/mol. The largest absolute Gasteiger partial charge is 0.378 e. The van der Waals surface area contributed by atoms with Crippen LogP contribution < -0.4 is 20.7 Å². The van der Waals surface area contributed by atoms with Crippen LogP contribution in [-0.4, -0.2) is 65.9 Å². The molecular formula is C27H28N6O2S. The zero-order valence-corrected chi connectivity index (χ0v) is 20.8. The number of nitrogens with one attached hydrogen (secondary N) is 2. The highest BCUT2D eigenvalue weighted by molar-refractivity contribution is 7.99. The number of pyridine rings is 3. The van der Waals surface area contributed by atoms with E-state index in [4.69, 9.17) is 9.72 Å². The molecule has 36 heavy (non-hydrogen) atoms. The van der Waals surface area contributed by atoms with Crippen LogP contribution in [0.15, 0.2) is 65.7 Å². The zero-order valence-electron chi connectivity index (χ0n) is 19.9. The molecule has 0 spiro atoms. The lowest BCUT2D eigenvalue weighted by Crippen LogP contribution is -2.36. The van der Waals surface area contributed by atoms with E-state index in [2.05, 4.69) is 37.2 Å². The first-order chi connectivity index (χ1) is 17.7. The van der Waals surface area contributed by atoms with E-state index in [0.29, 0.717) is 11.2 Å². The normalized spacial score (nSPS) is 16.3. The fraction of sp³-hybridized carbons (Fsp3) is 0.296. The summed E-state index contributed by atoms with van der Waals surface area (Å²) in [6, 6.07) is 16.3. The van der Waals surface area contributed by atoms with Crippen molar-refractivity contribution in [3.63, 3.8) is 0 Å². The number of aromatic nitrogens is 3. The molecule has 8 nitrogen and oxygen atoms in total. The van der Waals surface area contributed by atoms with E-state index < -0.39 is 0 Å². The molecule has 0 saturated carbocycles. The van der Waals surface area contributed by atoms with Gasteiger partial charge in [0.1, 0.15) is 11.6 Å². The quantitative estimate of drug-likeness (QED) is 0.423. The molecule has 2 saturated heterocycles. The minimum absolute atomic E-state index is 0.169. The Bertz CT molecular complexity index is 1390. The third kappa shape index (κ3) is 4.76. The van der Waals surface area contributed by atoms with Gasteiger partial charge in [-0.25, -0.2) is 9.97 Å². The van der Waals surface area contributed by atoms with Crippen LogP contribution in [0.1, 0.15) is 0 Å². The Morgan fingerprint density at radius 3 is 2.50 bits per heavy atom. The number of hydrogen-bond acceptors (Lipinski definition) is 8. The lowest BCUT2D eigenvalue weighted by Gasteiger charge is -2.28. The Hall–Kier alpha value is -3.56. The van der Waals surface area contributed by atoms with Crippen molar-refractivity contribution in [1.82, 2.24) is 15.0 Å². The molecule has 2 N–H and O–H groups in total. The van der Waals surface area contributed by atoms with E-state index in [1.807, 2.05) is 54.4 Å². The minimum Gasteiger partial charge on any atom is -0.378 e.